The van der Waals surface area contributed by atoms with Crippen LogP contribution >= 0.6 is 0 Å². The molecule has 27 heavy (non-hydrogen) atoms. The molecule has 1 atom stereocenters. The first-order valence-electron chi connectivity index (χ1n) is 9.14. The molecule has 7 nitrogen and oxygen atoms in total. The van der Waals surface area contributed by atoms with E-state index in [-0.39, 0.29) is 18.2 Å². The van der Waals surface area contributed by atoms with Gasteiger partial charge < -0.3 is 15.4 Å². The molecule has 144 valence electrons. The van der Waals surface area contributed by atoms with Gasteiger partial charge in [0, 0.05) is 30.6 Å². The molecule has 0 aliphatic carbocycles. The van der Waals surface area contributed by atoms with Crippen LogP contribution in [0.25, 0.3) is 0 Å². The number of carbonyl (C=O) groups is 3. The smallest absolute Gasteiger partial charge is 0.255 e. The zero-order valence-corrected chi connectivity index (χ0v) is 15.7. The van der Waals surface area contributed by atoms with Gasteiger partial charge in [-0.25, -0.2) is 0 Å². The van der Waals surface area contributed by atoms with Crippen LogP contribution in [0.1, 0.15) is 48.2 Å². The summed E-state index contributed by atoms with van der Waals surface area (Å²) < 4.78 is 5.20. The number of nitrogens with one attached hydrogen (secondary N) is 1. The molecule has 0 bridgehead atoms. The van der Waals surface area contributed by atoms with E-state index in [2.05, 4.69) is 17.2 Å². The first-order chi connectivity index (χ1) is 13.1. The molecule has 7 heteroatoms. The Hall–Kier alpha value is -2.69. The fraction of sp³-hybridized carbons (Fsp3) is 0.450. The van der Waals surface area contributed by atoms with E-state index >= 15 is 0 Å². The summed E-state index contributed by atoms with van der Waals surface area (Å²) in [6, 6.07) is 4.76. The number of hydrogen-bond acceptors (Lipinski definition) is 5. The molecule has 2 aliphatic heterocycles. The van der Waals surface area contributed by atoms with Crippen LogP contribution in [0.4, 0.5) is 0 Å². The molecular formula is C20H25N3O4. The normalized spacial score (nSPS) is 18.1. The van der Waals surface area contributed by atoms with E-state index in [0.29, 0.717) is 38.3 Å². The lowest BCUT2D eigenvalue weighted by atomic mass is 10.0. The second-order valence-electron chi connectivity index (χ2n) is 5.91. The Labute approximate surface area is 159 Å². The van der Waals surface area contributed by atoms with Gasteiger partial charge in [0.1, 0.15) is 12.6 Å². The molecule has 3 rings (SSSR count). The zero-order chi connectivity index (χ0) is 19.8. The lowest BCUT2D eigenvalue weighted by molar-refractivity contribution is -0.136. The first kappa shape index (κ1) is 20.6. The third kappa shape index (κ3) is 4.94. The number of rotatable bonds is 4. The molecule has 2 heterocycles. The Kier molecular flexibility index (Phi) is 7.53. The van der Waals surface area contributed by atoms with Crippen LogP contribution in [-0.2, 0) is 20.9 Å². The maximum atomic E-state index is 12.6. The molecule has 1 fully saturated rings. The van der Waals surface area contributed by atoms with Gasteiger partial charge in [0.05, 0.1) is 6.61 Å². The van der Waals surface area contributed by atoms with Crippen molar-refractivity contribution in [3.8, 4) is 11.8 Å². The molecule has 1 aromatic rings. The number of imide groups is 1. The number of carbonyl (C=O) groups excluding carboxylic acids is 3. The van der Waals surface area contributed by atoms with Crippen LogP contribution in [0.3, 0.4) is 0 Å². The minimum atomic E-state index is -0.600. The molecule has 0 radical (unpaired) electrons. The maximum absolute atomic E-state index is 12.6. The van der Waals surface area contributed by atoms with E-state index in [1.165, 1.54) is 4.90 Å². The molecule has 3 amide bonds. The lowest BCUT2D eigenvalue weighted by Crippen LogP contribution is -2.52. The topological polar surface area (TPSA) is 102 Å². The summed E-state index contributed by atoms with van der Waals surface area (Å²) in [4.78, 5) is 37.4. The lowest BCUT2D eigenvalue weighted by Gasteiger charge is -2.29. The minimum absolute atomic E-state index is 0.185. The molecule has 1 aromatic carbocycles. The summed E-state index contributed by atoms with van der Waals surface area (Å²) in [6.45, 7) is 5.57. The standard InChI is InChI=1S/C18H19N3O4.C2H6/c19-7-9-25-8-1-2-12-3-4-14-13(10-12)11-21(18(14)24)15-5-6-16(22)20-17(15)23;1-2/h3-4,10,15H,5-9,11,19H2,(H,20,22,23);1-2H3. The van der Waals surface area contributed by atoms with Crippen molar-refractivity contribution in [1.82, 2.24) is 10.2 Å². The third-order valence-corrected chi connectivity index (χ3v) is 4.19. The Morgan fingerprint density at radius 1 is 1.30 bits per heavy atom. The zero-order valence-electron chi connectivity index (χ0n) is 15.7. The average molecular weight is 371 g/mol. The van der Waals surface area contributed by atoms with Gasteiger partial charge in [0.2, 0.25) is 11.8 Å². The number of hydrogen-bond donors (Lipinski definition) is 2. The molecule has 0 spiro atoms. The number of benzene rings is 1. The fourth-order valence-corrected chi connectivity index (χ4v) is 3.00. The summed E-state index contributed by atoms with van der Waals surface area (Å²) in [7, 11) is 0. The van der Waals surface area contributed by atoms with E-state index < -0.39 is 11.9 Å². The Morgan fingerprint density at radius 3 is 2.78 bits per heavy atom. The predicted octanol–water partition coefficient (Wildman–Crippen LogP) is 0.801. The highest BCUT2D eigenvalue weighted by atomic mass is 16.5. The summed E-state index contributed by atoms with van der Waals surface area (Å²) in [5.41, 5.74) is 7.53. The predicted molar refractivity (Wildman–Crippen MR) is 101 cm³/mol. The number of nitrogens with zero attached hydrogens (tertiary/aromatic N) is 1. The van der Waals surface area contributed by atoms with Crippen molar-refractivity contribution >= 4 is 17.7 Å². The first-order valence-corrected chi connectivity index (χ1v) is 9.14. The van der Waals surface area contributed by atoms with Crippen molar-refractivity contribution < 1.29 is 19.1 Å². The molecule has 0 aromatic heterocycles. The van der Waals surface area contributed by atoms with Crippen LogP contribution in [0, 0.1) is 11.8 Å². The summed E-state index contributed by atoms with van der Waals surface area (Å²) in [5, 5.41) is 2.29. The van der Waals surface area contributed by atoms with Crippen LogP contribution in [0.15, 0.2) is 18.2 Å². The van der Waals surface area contributed by atoms with Gasteiger partial charge >= 0.3 is 0 Å². The monoisotopic (exact) mass is 371 g/mol. The average Bonchev–Trinajstić information content (AvgIpc) is 2.99. The highest BCUT2D eigenvalue weighted by Crippen LogP contribution is 2.27. The number of ether oxygens (including phenoxy) is 1. The van der Waals surface area contributed by atoms with Crippen molar-refractivity contribution in [2.24, 2.45) is 5.73 Å². The molecule has 3 N–H and O–H groups in total. The molecule has 1 saturated heterocycles. The molecular weight excluding hydrogens is 346 g/mol. The highest BCUT2D eigenvalue weighted by Gasteiger charge is 2.38. The second kappa shape index (κ2) is 9.86. The Balaban J connectivity index is 0.00000126. The van der Waals surface area contributed by atoms with Crippen LogP contribution in [-0.4, -0.2) is 48.4 Å². The van der Waals surface area contributed by atoms with Crippen molar-refractivity contribution in [2.75, 3.05) is 19.8 Å². The molecule has 1 unspecified atom stereocenters. The number of amides is 3. The van der Waals surface area contributed by atoms with Crippen LogP contribution in [0.5, 0.6) is 0 Å². The SMILES string of the molecule is CC.NCCOCC#Cc1ccc2c(c1)CN(C1CCC(=O)NC1=O)C2=O. The van der Waals surface area contributed by atoms with Crippen LogP contribution in [0.2, 0.25) is 0 Å². The molecule has 0 saturated carbocycles. The van der Waals surface area contributed by atoms with E-state index in [4.69, 9.17) is 10.5 Å². The maximum Gasteiger partial charge on any atom is 0.255 e. The van der Waals surface area contributed by atoms with E-state index in [1.54, 1.807) is 12.1 Å². The van der Waals surface area contributed by atoms with Crippen molar-refractivity contribution in [3.05, 3.63) is 34.9 Å². The quantitative estimate of drug-likeness (QED) is 0.463. The van der Waals surface area contributed by atoms with Crippen molar-refractivity contribution in [2.45, 2.75) is 39.3 Å². The third-order valence-electron chi connectivity index (χ3n) is 4.19. The van der Waals surface area contributed by atoms with Gasteiger partial charge in [0.15, 0.2) is 0 Å². The number of fused-ring (bicyclic) bond motifs is 1. The second-order valence-corrected chi connectivity index (χ2v) is 5.91. The van der Waals surface area contributed by atoms with E-state index in [0.717, 1.165) is 11.1 Å². The van der Waals surface area contributed by atoms with Gasteiger partial charge in [-0.1, -0.05) is 25.7 Å². The van der Waals surface area contributed by atoms with Gasteiger partial charge in [-0.05, 0) is 30.2 Å². The summed E-state index contributed by atoms with van der Waals surface area (Å²) in [5.74, 6) is 5.00. The van der Waals surface area contributed by atoms with E-state index in [9.17, 15) is 14.4 Å². The Morgan fingerprint density at radius 2 is 2.07 bits per heavy atom. The molecule has 2 aliphatic rings. The largest absolute Gasteiger partial charge is 0.367 e. The van der Waals surface area contributed by atoms with Gasteiger partial charge in [-0.3, -0.25) is 19.7 Å². The Bertz CT molecular complexity index is 779. The van der Waals surface area contributed by atoms with Crippen molar-refractivity contribution in [3.63, 3.8) is 0 Å². The van der Waals surface area contributed by atoms with Crippen LogP contribution < -0.4 is 11.1 Å². The number of piperidine rings is 1. The fourth-order valence-electron chi connectivity index (χ4n) is 3.00. The number of nitrogens with two attached hydrogens (primary N) is 1. The van der Waals surface area contributed by atoms with Gasteiger partial charge in [-0.2, -0.15) is 0 Å². The highest BCUT2D eigenvalue weighted by molar-refractivity contribution is 6.05. The summed E-state index contributed by atoms with van der Waals surface area (Å²) >= 11 is 0. The van der Waals surface area contributed by atoms with Crippen molar-refractivity contribution in [1.29, 1.82) is 0 Å². The van der Waals surface area contributed by atoms with Gasteiger partial charge in [0.25, 0.3) is 5.91 Å². The minimum Gasteiger partial charge on any atom is -0.367 e. The van der Waals surface area contributed by atoms with E-state index in [1.807, 2.05) is 19.9 Å². The van der Waals surface area contributed by atoms with Gasteiger partial charge in [-0.15, -0.1) is 0 Å². The summed E-state index contributed by atoms with van der Waals surface area (Å²) in [6.07, 6.45) is 0.603.